The van der Waals surface area contributed by atoms with E-state index in [1.54, 1.807) is 6.92 Å². The van der Waals surface area contributed by atoms with Crippen molar-refractivity contribution in [2.45, 2.75) is 64.5 Å². The normalized spacial score (nSPS) is 17.9. The van der Waals surface area contributed by atoms with Crippen molar-refractivity contribution in [2.75, 3.05) is 0 Å². The van der Waals surface area contributed by atoms with E-state index in [2.05, 4.69) is 22.5 Å². The molecule has 4 heteroatoms. The Morgan fingerprint density at radius 2 is 2.17 bits per heavy atom. The molecule has 0 aromatic carbocycles. The number of imidazole rings is 1. The highest BCUT2D eigenvalue weighted by Crippen LogP contribution is 2.22. The molecular weight excluding hydrogens is 224 g/mol. The van der Waals surface area contributed by atoms with E-state index >= 15 is 0 Å². The maximum absolute atomic E-state index is 8.90. The van der Waals surface area contributed by atoms with Gasteiger partial charge in [0.1, 0.15) is 11.4 Å². The van der Waals surface area contributed by atoms with E-state index in [0.717, 1.165) is 38.1 Å². The fourth-order valence-corrected chi connectivity index (χ4v) is 2.69. The molecule has 0 fully saturated rings. The van der Waals surface area contributed by atoms with Crippen LogP contribution in [-0.2, 0) is 19.4 Å². The van der Waals surface area contributed by atoms with Crippen LogP contribution in [0.3, 0.4) is 0 Å². The Balaban J connectivity index is 2.02. The van der Waals surface area contributed by atoms with Crippen molar-refractivity contribution < 1.29 is 0 Å². The monoisotopic (exact) mass is 246 g/mol. The van der Waals surface area contributed by atoms with E-state index in [-0.39, 0.29) is 0 Å². The van der Waals surface area contributed by atoms with Crippen LogP contribution in [0, 0.1) is 18.3 Å². The highest BCUT2D eigenvalue weighted by Gasteiger charge is 2.20. The standard InChI is InChI=1S/C14H22N4/c1-11-17-12-6-3-4-7-13(12)18(11)9-5-8-14(2,16)10-15/h3-9,16H2,1-2H3. The van der Waals surface area contributed by atoms with Gasteiger partial charge in [-0.15, -0.1) is 0 Å². The van der Waals surface area contributed by atoms with Crippen molar-refractivity contribution in [1.82, 2.24) is 9.55 Å². The third-order valence-electron chi connectivity index (χ3n) is 3.76. The summed E-state index contributed by atoms with van der Waals surface area (Å²) < 4.78 is 2.32. The van der Waals surface area contributed by atoms with E-state index in [1.807, 2.05) is 0 Å². The molecule has 1 aromatic heterocycles. The topological polar surface area (TPSA) is 67.6 Å². The first-order valence-electron chi connectivity index (χ1n) is 6.78. The molecule has 0 saturated carbocycles. The van der Waals surface area contributed by atoms with Gasteiger partial charge in [0.05, 0.1) is 11.8 Å². The molecule has 1 aromatic rings. The molecule has 2 N–H and O–H groups in total. The molecule has 18 heavy (non-hydrogen) atoms. The molecule has 4 nitrogen and oxygen atoms in total. The zero-order valence-corrected chi connectivity index (χ0v) is 11.4. The Labute approximate surface area is 109 Å². The van der Waals surface area contributed by atoms with E-state index in [1.165, 1.54) is 24.2 Å². The van der Waals surface area contributed by atoms with Gasteiger partial charge in [0.2, 0.25) is 0 Å². The molecule has 1 heterocycles. The summed E-state index contributed by atoms with van der Waals surface area (Å²) in [7, 11) is 0. The van der Waals surface area contributed by atoms with Gasteiger partial charge in [-0.2, -0.15) is 5.26 Å². The number of aryl methyl sites for hydroxylation is 2. The first-order chi connectivity index (χ1) is 8.53. The van der Waals surface area contributed by atoms with Crippen LogP contribution in [0.15, 0.2) is 0 Å². The number of hydrogen-bond donors (Lipinski definition) is 1. The van der Waals surface area contributed by atoms with E-state index < -0.39 is 5.54 Å². The van der Waals surface area contributed by atoms with Crippen LogP contribution in [-0.4, -0.2) is 15.1 Å². The highest BCUT2D eigenvalue weighted by atomic mass is 15.1. The largest absolute Gasteiger partial charge is 0.332 e. The summed E-state index contributed by atoms with van der Waals surface area (Å²) in [6, 6.07) is 2.15. The summed E-state index contributed by atoms with van der Waals surface area (Å²) in [5.74, 6) is 1.11. The number of nitriles is 1. The van der Waals surface area contributed by atoms with Gasteiger partial charge in [-0.3, -0.25) is 0 Å². The molecule has 1 atom stereocenters. The molecule has 1 unspecified atom stereocenters. The van der Waals surface area contributed by atoms with Crippen molar-refractivity contribution in [3.63, 3.8) is 0 Å². The molecule has 0 amide bonds. The SMILES string of the molecule is Cc1nc2c(n1CCCC(C)(N)C#N)CCCC2. The van der Waals surface area contributed by atoms with Crippen LogP contribution >= 0.6 is 0 Å². The van der Waals surface area contributed by atoms with Gasteiger partial charge in [-0.25, -0.2) is 4.98 Å². The molecule has 1 aliphatic carbocycles. The average Bonchev–Trinajstić information content (AvgIpc) is 2.66. The average molecular weight is 246 g/mol. The smallest absolute Gasteiger partial charge is 0.106 e. The number of hydrogen-bond acceptors (Lipinski definition) is 3. The van der Waals surface area contributed by atoms with Gasteiger partial charge in [0.25, 0.3) is 0 Å². The van der Waals surface area contributed by atoms with E-state index in [0.29, 0.717) is 0 Å². The van der Waals surface area contributed by atoms with E-state index in [9.17, 15) is 0 Å². The zero-order valence-electron chi connectivity index (χ0n) is 11.4. The lowest BCUT2D eigenvalue weighted by Crippen LogP contribution is -2.34. The summed E-state index contributed by atoms with van der Waals surface area (Å²) in [5.41, 5.74) is 7.84. The number of aromatic nitrogens is 2. The number of fused-ring (bicyclic) bond motifs is 1. The lowest BCUT2D eigenvalue weighted by atomic mass is 9.98. The summed E-state index contributed by atoms with van der Waals surface area (Å²) in [4.78, 5) is 4.65. The summed E-state index contributed by atoms with van der Waals surface area (Å²) in [5, 5.41) is 8.90. The Kier molecular flexibility index (Phi) is 3.72. The third kappa shape index (κ3) is 2.73. The minimum atomic E-state index is -0.700. The second-order valence-electron chi connectivity index (χ2n) is 5.54. The molecule has 0 aliphatic heterocycles. The van der Waals surface area contributed by atoms with Crippen molar-refractivity contribution >= 4 is 0 Å². The fraction of sp³-hybridized carbons (Fsp3) is 0.714. The fourth-order valence-electron chi connectivity index (χ4n) is 2.69. The zero-order chi connectivity index (χ0) is 13.2. The summed E-state index contributed by atoms with van der Waals surface area (Å²) in [6.45, 7) is 4.80. The quantitative estimate of drug-likeness (QED) is 0.884. The highest BCUT2D eigenvalue weighted by molar-refractivity contribution is 5.19. The molecule has 1 aliphatic rings. The molecule has 2 rings (SSSR count). The predicted octanol–water partition coefficient (Wildman–Crippen LogP) is 2.09. The second-order valence-corrected chi connectivity index (χ2v) is 5.54. The van der Waals surface area contributed by atoms with Gasteiger partial charge in [-0.05, 0) is 52.4 Å². The molecule has 0 spiro atoms. The van der Waals surface area contributed by atoms with Gasteiger partial charge in [-0.1, -0.05) is 0 Å². The molecular formula is C14H22N4. The Bertz CT molecular complexity index is 465. The second kappa shape index (κ2) is 5.11. The van der Waals surface area contributed by atoms with Crippen LogP contribution in [0.5, 0.6) is 0 Å². The number of rotatable bonds is 4. The molecule has 0 radical (unpaired) electrons. The number of nitrogens with two attached hydrogens (primary N) is 1. The summed E-state index contributed by atoms with van der Waals surface area (Å²) in [6.07, 6.45) is 6.47. The van der Waals surface area contributed by atoms with Crippen LogP contribution in [0.4, 0.5) is 0 Å². The molecule has 0 bridgehead atoms. The van der Waals surface area contributed by atoms with Gasteiger partial charge in [0, 0.05) is 12.2 Å². The lowest BCUT2D eigenvalue weighted by molar-refractivity contribution is 0.476. The maximum atomic E-state index is 8.90. The van der Waals surface area contributed by atoms with Gasteiger partial charge >= 0.3 is 0 Å². The lowest BCUT2D eigenvalue weighted by Gasteiger charge is -2.18. The Hall–Kier alpha value is -1.34. The van der Waals surface area contributed by atoms with Crippen LogP contribution in [0.1, 0.15) is 49.8 Å². The van der Waals surface area contributed by atoms with Crippen molar-refractivity contribution in [2.24, 2.45) is 5.73 Å². The van der Waals surface area contributed by atoms with Gasteiger partial charge in [0.15, 0.2) is 0 Å². The molecule has 98 valence electrons. The van der Waals surface area contributed by atoms with Crippen LogP contribution < -0.4 is 5.73 Å². The van der Waals surface area contributed by atoms with Crippen molar-refractivity contribution in [1.29, 1.82) is 5.26 Å². The van der Waals surface area contributed by atoms with Gasteiger partial charge < -0.3 is 10.3 Å². The minimum Gasteiger partial charge on any atom is -0.332 e. The van der Waals surface area contributed by atoms with Crippen molar-refractivity contribution in [3.8, 4) is 6.07 Å². The maximum Gasteiger partial charge on any atom is 0.106 e. The minimum absolute atomic E-state index is 0.700. The molecule has 0 saturated heterocycles. The van der Waals surface area contributed by atoms with Crippen molar-refractivity contribution in [3.05, 3.63) is 17.2 Å². The first kappa shape index (κ1) is 13.1. The first-order valence-corrected chi connectivity index (χ1v) is 6.78. The Morgan fingerprint density at radius 1 is 1.44 bits per heavy atom. The number of nitrogens with zero attached hydrogens (tertiary/aromatic N) is 3. The van der Waals surface area contributed by atoms with E-state index in [4.69, 9.17) is 11.0 Å². The third-order valence-corrected chi connectivity index (χ3v) is 3.76. The van der Waals surface area contributed by atoms with Crippen LogP contribution in [0.25, 0.3) is 0 Å². The predicted molar refractivity (Wildman–Crippen MR) is 71.0 cm³/mol. The van der Waals surface area contributed by atoms with Crippen LogP contribution in [0.2, 0.25) is 0 Å². The Morgan fingerprint density at radius 3 is 2.89 bits per heavy atom. The summed E-state index contributed by atoms with van der Waals surface area (Å²) >= 11 is 0.